The third-order valence-corrected chi connectivity index (χ3v) is 4.38. The number of likely N-dealkylation sites (N-methyl/N-ethyl adjacent to an activating group) is 1. The number of rotatable bonds is 6. The Morgan fingerprint density at radius 3 is 2.59 bits per heavy atom. The standard InChI is InChI=1S/C16H27N5O/c1-4-20-8-10-21(11-9-20)16(2,3)12-18-14-7-5-6-13(19-14)15(17)22/h5-7H,4,8-12H2,1-3H3,(H2,17,22)(H,18,19). The van der Waals surface area contributed by atoms with Crippen molar-refractivity contribution < 1.29 is 4.79 Å². The predicted molar refractivity (Wildman–Crippen MR) is 89.0 cm³/mol. The van der Waals surface area contributed by atoms with Gasteiger partial charge < -0.3 is 16.0 Å². The Kier molecular flexibility index (Phi) is 5.37. The van der Waals surface area contributed by atoms with Crippen molar-refractivity contribution in [2.45, 2.75) is 26.3 Å². The van der Waals surface area contributed by atoms with Gasteiger partial charge in [-0.3, -0.25) is 9.69 Å². The van der Waals surface area contributed by atoms with Crippen molar-refractivity contribution in [1.82, 2.24) is 14.8 Å². The monoisotopic (exact) mass is 305 g/mol. The number of piperazine rings is 1. The lowest BCUT2D eigenvalue weighted by Gasteiger charge is -2.44. The van der Waals surface area contributed by atoms with E-state index in [1.807, 2.05) is 6.07 Å². The van der Waals surface area contributed by atoms with Crippen molar-refractivity contribution >= 4 is 11.7 Å². The molecule has 1 aliphatic heterocycles. The van der Waals surface area contributed by atoms with Gasteiger partial charge in [-0.15, -0.1) is 0 Å². The van der Waals surface area contributed by atoms with Gasteiger partial charge in [0.2, 0.25) is 0 Å². The summed E-state index contributed by atoms with van der Waals surface area (Å²) in [6.45, 7) is 13.0. The molecule has 1 fully saturated rings. The van der Waals surface area contributed by atoms with Crippen molar-refractivity contribution in [3.8, 4) is 0 Å². The average Bonchev–Trinajstić information content (AvgIpc) is 2.53. The van der Waals surface area contributed by atoms with Gasteiger partial charge in [0, 0.05) is 38.3 Å². The van der Waals surface area contributed by atoms with E-state index in [0.717, 1.165) is 39.3 Å². The summed E-state index contributed by atoms with van der Waals surface area (Å²) in [4.78, 5) is 20.4. The maximum absolute atomic E-state index is 11.2. The molecule has 0 unspecified atom stereocenters. The summed E-state index contributed by atoms with van der Waals surface area (Å²) < 4.78 is 0. The fourth-order valence-electron chi connectivity index (χ4n) is 2.76. The number of amides is 1. The first-order valence-corrected chi connectivity index (χ1v) is 7.90. The second-order valence-corrected chi connectivity index (χ2v) is 6.36. The summed E-state index contributed by atoms with van der Waals surface area (Å²) in [5.74, 6) is 0.190. The van der Waals surface area contributed by atoms with Crippen LogP contribution in [0, 0.1) is 0 Å². The van der Waals surface area contributed by atoms with Crippen LogP contribution in [0.4, 0.5) is 5.82 Å². The van der Waals surface area contributed by atoms with E-state index < -0.39 is 5.91 Å². The summed E-state index contributed by atoms with van der Waals surface area (Å²) in [6, 6.07) is 5.28. The van der Waals surface area contributed by atoms with Crippen LogP contribution in [0.1, 0.15) is 31.3 Å². The van der Waals surface area contributed by atoms with Crippen molar-refractivity contribution in [3.05, 3.63) is 23.9 Å². The van der Waals surface area contributed by atoms with E-state index in [9.17, 15) is 4.79 Å². The van der Waals surface area contributed by atoms with Gasteiger partial charge in [0.1, 0.15) is 11.5 Å². The van der Waals surface area contributed by atoms with Gasteiger partial charge >= 0.3 is 0 Å². The molecule has 6 heteroatoms. The third kappa shape index (κ3) is 4.18. The van der Waals surface area contributed by atoms with Gasteiger partial charge in [0.15, 0.2) is 0 Å². The van der Waals surface area contributed by atoms with Crippen LogP contribution in [-0.4, -0.2) is 65.5 Å². The quantitative estimate of drug-likeness (QED) is 0.820. The molecule has 0 bridgehead atoms. The van der Waals surface area contributed by atoms with Crippen LogP contribution >= 0.6 is 0 Å². The van der Waals surface area contributed by atoms with Crippen molar-refractivity contribution in [3.63, 3.8) is 0 Å². The SMILES string of the molecule is CCN1CCN(C(C)(C)CNc2cccc(C(N)=O)n2)CC1. The van der Waals surface area contributed by atoms with Crippen molar-refractivity contribution in [2.75, 3.05) is 44.6 Å². The van der Waals surface area contributed by atoms with Crippen LogP contribution < -0.4 is 11.1 Å². The highest BCUT2D eigenvalue weighted by molar-refractivity contribution is 5.91. The fourth-order valence-corrected chi connectivity index (χ4v) is 2.76. The highest BCUT2D eigenvalue weighted by atomic mass is 16.1. The Bertz CT molecular complexity index is 509. The molecule has 1 amide bonds. The van der Waals surface area contributed by atoms with Crippen LogP contribution in [0.5, 0.6) is 0 Å². The largest absolute Gasteiger partial charge is 0.368 e. The number of hydrogen-bond acceptors (Lipinski definition) is 5. The van der Waals surface area contributed by atoms with Crippen LogP contribution in [0.25, 0.3) is 0 Å². The molecule has 1 saturated heterocycles. The van der Waals surface area contributed by atoms with E-state index >= 15 is 0 Å². The number of nitrogens with two attached hydrogens (primary N) is 1. The minimum atomic E-state index is -0.501. The molecule has 2 heterocycles. The Hall–Kier alpha value is -1.66. The maximum Gasteiger partial charge on any atom is 0.267 e. The van der Waals surface area contributed by atoms with Crippen molar-refractivity contribution in [1.29, 1.82) is 0 Å². The normalized spacial score (nSPS) is 17.4. The summed E-state index contributed by atoms with van der Waals surface area (Å²) in [5.41, 5.74) is 5.59. The zero-order valence-electron chi connectivity index (χ0n) is 13.8. The number of aromatic nitrogens is 1. The molecule has 1 aromatic rings. The molecular weight excluding hydrogens is 278 g/mol. The molecule has 0 aliphatic carbocycles. The summed E-state index contributed by atoms with van der Waals surface area (Å²) in [5, 5.41) is 3.33. The molecule has 0 saturated carbocycles. The number of carbonyl (C=O) groups excluding carboxylic acids is 1. The molecule has 22 heavy (non-hydrogen) atoms. The average molecular weight is 305 g/mol. The predicted octanol–water partition coefficient (Wildman–Crippen LogP) is 1.01. The summed E-state index contributed by atoms with van der Waals surface area (Å²) in [7, 11) is 0. The fraction of sp³-hybridized carbons (Fsp3) is 0.625. The van der Waals surface area contributed by atoms with Crippen molar-refractivity contribution in [2.24, 2.45) is 5.73 Å². The summed E-state index contributed by atoms with van der Waals surface area (Å²) >= 11 is 0. The molecule has 1 aromatic heterocycles. The molecule has 122 valence electrons. The van der Waals surface area contributed by atoms with E-state index in [1.165, 1.54) is 0 Å². The van der Waals surface area contributed by atoms with E-state index in [0.29, 0.717) is 11.5 Å². The zero-order chi connectivity index (χ0) is 16.2. The zero-order valence-corrected chi connectivity index (χ0v) is 13.8. The summed E-state index contributed by atoms with van der Waals surface area (Å²) in [6.07, 6.45) is 0. The van der Waals surface area contributed by atoms with Crippen LogP contribution in [0.3, 0.4) is 0 Å². The first kappa shape index (κ1) is 16.7. The van der Waals surface area contributed by atoms with Gasteiger partial charge in [-0.2, -0.15) is 0 Å². The van der Waals surface area contributed by atoms with Gasteiger partial charge in [-0.25, -0.2) is 4.98 Å². The molecule has 1 aliphatic rings. The third-order valence-electron chi connectivity index (χ3n) is 4.38. The highest BCUT2D eigenvalue weighted by Gasteiger charge is 2.29. The minimum absolute atomic E-state index is 0.0320. The lowest BCUT2D eigenvalue weighted by atomic mass is 10.0. The number of nitrogens with one attached hydrogen (secondary N) is 1. The first-order valence-electron chi connectivity index (χ1n) is 7.90. The number of anilines is 1. The van der Waals surface area contributed by atoms with E-state index in [4.69, 9.17) is 5.73 Å². The minimum Gasteiger partial charge on any atom is -0.368 e. The van der Waals surface area contributed by atoms with E-state index in [1.54, 1.807) is 12.1 Å². The molecule has 6 nitrogen and oxygen atoms in total. The molecule has 0 atom stereocenters. The molecular formula is C16H27N5O. The van der Waals surface area contributed by atoms with Gasteiger partial charge in [-0.1, -0.05) is 13.0 Å². The highest BCUT2D eigenvalue weighted by Crippen LogP contribution is 2.18. The van der Waals surface area contributed by atoms with Crippen LogP contribution in [0.2, 0.25) is 0 Å². The van der Waals surface area contributed by atoms with E-state index in [-0.39, 0.29) is 5.54 Å². The second kappa shape index (κ2) is 7.07. The Labute approximate surface area is 132 Å². The van der Waals surface area contributed by atoms with E-state index in [2.05, 4.69) is 40.9 Å². The molecule has 0 radical (unpaired) electrons. The first-order chi connectivity index (χ1) is 10.4. The number of carbonyl (C=O) groups is 1. The van der Waals surface area contributed by atoms with Gasteiger partial charge in [0.05, 0.1) is 0 Å². The number of pyridine rings is 1. The Morgan fingerprint density at radius 1 is 1.32 bits per heavy atom. The molecule has 3 N–H and O–H groups in total. The van der Waals surface area contributed by atoms with Gasteiger partial charge in [0.25, 0.3) is 5.91 Å². The van der Waals surface area contributed by atoms with Crippen LogP contribution in [-0.2, 0) is 0 Å². The molecule has 2 rings (SSSR count). The topological polar surface area (TPSA) is 74.5 Å². The lowest BCUT2D eigenvalue weighted by Crippen LogP contribution is -2.57. The molecule has 0 aromatic carbocycles. The number of nitrogens with zero attached hydrogens (tertiary/aromatic N) is 3. The molecule has 0 spiro atoms. The second-order valence-electron chi connectivity index (χ2n) is 6.36. The lowest BCUT2D eigenvalue weighted by molar-refractivity contribution is 0.0614. The Morgan fingerprint density at radius 2 is 2.00 bits per heavy atom. The number of primary amides is 1. The van der Waals surface area contributed by atoms with Gasteiger partial charge in [-0.05, 0) is 32.5 Å². The Balaban J connectivity index is 1.92. The maximum atomic E-state index is 11.2. The van der Waals surface area contributed by atoms with Crippen LogP contribution in [0.15, 0.2) is 18.2 Å². The smallest absolute Gasteiger partial charge is 0.267 e. The number of hydrogen-bond donors (Lipinski definition) is 2.